The molecule has 1 N–H and O–H groups in total. The molecule has 0 heterocycles. The first-order valence-corrected chi connectivity index (χ1v) is 8.60. The molecule has 0 atom stereocenters. The molecular weight excluding hydrogens is 341 g/mol. The number of ether oxygens (including phenoxy) is 1. The first-order chi connectivity index (χ1) is 11.0. The summed E-state index contributed by atoms with van der Waals surface area (Å²) in [6.07, 6.45) is 1.17. The monoisotopic (exact) mass is 367 g/mol. The van der Waals surface area contributed by atoms with Gasteiger partial charge in [-0.15, -0.1) is 12.4 Å². The Kier molecular flexibility index (Phi) is 9.20. The van der Waals surface area contributed by atoms with Gasteiger partial charge in [0.2, 0.25) is 0 Å². The van der Waals surface area contributed by atoms with E-state index < -0.39 is 0 Å². The van der Waals surface area contributed by atoms with E-state index in [1.165, 1.54) is 17.5 Å². The molecule has 0 aliphatic heterocycles. The Bertz CT molecular complexity index is 612. The van der Waals surface area contributed by atoms with E-state index in [-0.39, 0.29) is 12.4 Å². The lowest BCUT2D eigenvalue weighted by atomic mass is 10.1. The van der Waals surface area contributed by atoms with E-state index in [0.717, 1.165) is 29.4 Å². The Morgan fingerprint density at radius 1 is 1.08 bits per heavy atom. The van der Waals surface area contributed by atoms with Gasteiger partial charge in [0.1, 0.15) is 12.4 Å². The van der Waals surface area contributed by atoms with E-state index in [1.54, 1.807) is 0 Å². The van der Waals surface area contributed by atoms with Crippen molar-refractivity contribution in [3.8, 4) is 5.75 Å². The molecule has 132 valence electrons. The van der Waals surface area contributed by atoms with Gasteiger partial charge >= 0.3 is 0 Å². The Labute approximate surface area is 157 Å². The number of benzene rings is 2. The van der Waals surface area contributed by atoms with Crippen LogP contribution in [0.5, 0.6) is 5.75 Å². The predicted molar refractivity (Wildman–Crippen MR) is 105 cm³/mol. The molecule has 0 saturated heterocycles. The van der Waals surface area contributed by atoms with Gasteiger partial charge < -0.3 is 10.1 Å². The lowest BCUT2D eigenvalue weighted by molar-refractivity contribution is 0.302. The van der Waals surface area contributed by atoms with E-state index in [0.29, 0.717) is 12.5 Å². The van der Waals surface area contributed by atoms with Crippen molar-refractivity contribution in [2.75, 3.05) is 6.54 Å². The van der Waals surface area contributed by atoms with E-state index in [4.69, 9.17) is 16.3 Å². The van der Waals surface area contributed by atoms with Crippen LogP contribution in [-0.2, 0) is 13.2 Å². The quantitative estimate of drug-likeness (QED) is 0.596. The number of nitrogens with one attached hydrogen (secondary N) is 1. The van der Waals surface area contributed by atoms with Crippen molar-refractivity contribution in [3.05, 3.63) is 64.2 Å². The molecule has 0 unspecified atom stereocenters. The van der Waals surface area contributed by atoms with Crippen LogP contribution in [0.15, 0.2) is 42.5 Å². The van der Waals surface area contributed by atoms with Crippen LogP contribution in [0, 0.1) is 12.8 Å². The summed E-state index contributed by atoms with van der Waals surface area (Å²) >= 11 is 6.13. The molecule has 0 aliphatic rings. The second kappa shape index (κ2) is 10.6. The molecule has 2 aromatic rings. The summed E-state index contributed by atoms with van der Waals surface area (Å²) < 4.78 is 6.00. The van der Waals surface area contributed by atoms with E-state index in [1.807, 2.05) is 18.2 Å². The van der Waals surface area contributed by atoms with Gasteiger partial charge in [0.15, 0.2) is 0 Å². The summed E-state index contributed by atoms with van der Waals surface area (Å²) in [6, 6.07) is 14.2. The molecule has 0 bridgehead atoms. The summed E-state index contributed by atoms with van der Waals surface area (Å²) in [5, 5.41) is 4.21. The van der Waals surface area contributed by atoms with Gasteiger partial charge in [0.25, 0.3) is 0 Å². The number of rotatable bonds is 8. The largest absolute Gasteiger partial charge is 0.489 e. The molecule has 0 aliphatic carbocycles. The normalized spacial score (nSPS) is 10.5. The molecule has 0 saturated carbocycles. The van der Waals surface area contributed by atoms with Crippen LogP contribution in [0.3, 0.4) is 0 Å². The Hall–Kier alpha value is -1.22. The topological polar surface area (TPSA) is 21.3 Å². The van der Waals surface area contributed by atoms with E-state index in [9.17, 15) is 0 Å². The lowest BCUT2D eigenvalue weighted by Crippen LogP contribution is -2.17. The first-order valence-electron chi connectivity index (χ1n) is 8.22. The van der Waals surface area contributed by atoms with Gasteiger partial charge in [-0.3, -0.25) is 0 Å². The van der Waals surface area contributed by atoms with E-state index >= 15 is 0 Å². The Morgan fingerprint density at radius 2 is 1.79 bits per heavy atom. The predicted octanol–water partition coefficient (Wildman–Crippen LogP) is 5.78. The molecular formula is C20H27Cl2NO. The lowest BCUT2D eigenvalue weighted by Gasteiger charge is -2.13. The smallest absolute Gasteiger partial charge is 0.124 e. The van der Waals surface area contributed by atoms with Crippen LogP contribution in [0.1, 0.15) is 37.0 Å². The van der Waals surface area contributed by atoms with Gasteiger partial charge in [-0.2, -0.15) is 0 Å². The van der Waals surface area contributed by atoms with Crippen molar-refractivity contribution in [2.24, 2.45) is 5.92 Å². The molecule has 2 nitrogen and oxygen atoms in total. The zero-order valence-electron chi connectivity index (χ0n) is 14.6. The maximum absolute atomic E-state index is 6.13. The highest BCUT2D eigenvalue weighted by Gasteiger charge is 2.06. The van der Waals surface area contributed by atoms with Crippen molar-refractivity contribution < 1.29 is 4.74 Å². The summed E-state index contributed by atoms with van der Waals surface area (Å²) in [7, 11) is 0. The number of hydrogen-bond acceptors (Lipinski definition) is 2. The highest BCUT2D eigenvalue weighted by atomic mass is 35.5. The summed E-state index contributed by atoms with van der Waals surface area (Å²) in [6.45, 7) is 8.90. The minimum Gasteiger partial charge on any atom is -0.489 e. The second-order valence-electron chi connectivity index (χ2n) is 6.39. The van der Waals surface area contributed by atoms with Crippen molar-refractivity contribution in [1.29, 1.82) is 0 Å². The van der Waals surface area contributed by atoms with Crippen LogP contribution in [0.2, 0.25) is 5.02 Å². The third-order valence-electron chi connectivity index (χ3n) is 3.75. The van der Waals surface area contributed by atoms with Crippen molar-refractivity contribution >= 4 is 24.0 Å². The van der Waals surface area contributed by atoms with Gasteiger partial charge in [-0.1, -0.05) is 55.3 Å². The molecule has 24 heavy (non-hydrogen) atoms. The van der Waals surface area contributed by atoms with Gasteiger partial charge in [-0.25, -0.2) is 0 Å². The van der Waals surface area contributed by atoms with Crippen LogP contribution in [0.25, 0.3) is 0 Å². The third kappa shape index (κ3) is 7.12. The van der Waals surface area contributed by atoms with Crippen molar-refractivity contribution in [2.45, 2.75) is 40.3 Å². The number of aryl methyl sites for hydroxylation is 1. The molecule has 0 amide bonds. The van der Waals surface area contributed by atoms with Crippen LogP contribution >= 0.6 is 24.0 Å². The Morgan fingerprint density at radius 3 is 2.46 bits per heavy atom. The second-order valence-corrected chi connectivity index (χ2v) is 6.82. The van der Waals surface area contributed by atoms with Gasteiger partial charge in [0, 0.05) is 17.1 Å². The molecule has 2 aromatic carbocycles. The molecule has 0 fully saturated rings. The Balaban J connectivity index is 0.00000288. The SMILES string of the molecule is Cc1ccc(COc2ccc(Cl)cc2CNCCC(C)C)cc1.Cl. The number of halogens is 2. The summed E-state index contributed by atoms with van der Waals surface area (Å²) in [4.78, 5) is 0. The fourth-order valence-electron chi connectivity index (χ4n) is 2.29. The fraction of sp³-hybridized carbons (Fsp3) is 0.400. The summed E-state index contributed by atoms with van der Waals surface area (Å²) in [5.74, 6) is 1.60. The van der Waals surface area contributed by atoms with Gasteiger partial charge in [0.05, 0.1) is 0 Å². The maximum atomic E-state index is 6.13. The summed E-state index contributed by atoms with van der Waals surface area (Å²) in [5.41, 5.74) is 3.54. The van der Waals surface area contributed by atoms with Crippen LogP contribution in [0.4, 0.5) is 0 Å². The maximum Gasteiger partial charge on any atom is 0.124 e. The standard InChI is InChI=1S/C20H26ClNO.ClH/c1-15(2)10-11-22-13-18-12-19(21)8-9-20(18)23-14-17-6-4-16(3)5-7-17;/h4-9,12,15,22H,10-11,13-14H2,1-3H3;1H. The zero-order chi connectivity index (χ0) is 16.7. The molecule has 2 rings (SSSR count). The number of hydrogen-bond donors (Lipinski definition) is 1. The third-order valence-corrected chi connectivity index (χ3v) is 3.99. The van der Waals surface area contributed by atoms with Crippen LogP contribution < -0.4 is 10.1 Å². The molecule has 0 spiro atoms. The fourth-order valence-corrected chi connectivity index (χ4v) is 2.48. The first kappa shape index (κ1) is 20.8. The average Bonchev–Trinajstić information content (AvgIpc) is 2.52. The van der Waals surface area contributed by atoms with Gasteiger partial charge in [-0.05, 0) is 49.6 Å². The van der Waals surface area contributed by atoms with Crippen molar-refractivity contribution in [3.63, 3.8) is 0 Å². The van der Waals surface area contributed by atoms with E-state index in [2.05, 4.69) is 50.4 Å². The average molecular weight is 368 g/mol. The molecule has 4 heteroatoms. The zero-order valence-corrected chi connectivity index (χ0v) is 16.2. The molecule has 0 radical (unpaired) electrons. The van der Waals surface area contributed by atoms with Crippen molar-refractivity contribution in [1.82, 2.24) is 5.32 Å². The van der Waals surface area contributed by atoms with Crippen LogP contribution in [-0.4, -0.2) is 6.54 Å². The minimum atomic E-state index is 0. The minimum absolute atomic E-state index is 0. The highest BCUT2D eigenvalue weighted by Crippen LogP contribution is 2.24. The molecule has 0 aromatic heterocycles. The highest BCUT2D eigenvalue weighted by molar-refractivity contribution is 6.30.